The molecule has 2 heterocycles. The SMILES string of the molecule is COc1ccc(CNC(=O)Cn2cnc3c(-c4cccc(OC)c4)cn(C)c3c2=O)cc1. The summed E-state index contributed by atoms with van der Waals surface area (Å²) in [7, 11) is 5.01. The van der Waals surface area contributed by atoms with Crippen LogP contribution in [0.1, 0.15) is 5.56 Å². The number of benzene rings is 2. The molecule has 0 atom stereocenters. The number of hydrogen-bond donors (Lipinski definition) is 1. The van der Waals surface area contributed by atoms with Crippen LogP contribution in [0, 0.1) is 0 Å². The predicted octanol–water partition coefficient (Wildman–Crippen LogP) is 2.74. The maximum atomic E-state index is 13.1. The third kappa shape index (κ3) is 4.20. The number of carbonyl (C=O) groups is 1. The zero-order valence-electron chi connectivity index (χ0n) is 18.2. The Morgan fingerprint density at radius 2 is 1.81 bits per heavy atom. The summed E-state index contributed by atoms with van der Waals surface area (Å²) >= 11 is 0. The van der Waals surface area contributed by atoms with Gasteiger partial charge in [0, 0.05) is 25.4 Å². The van der Waals surface area contributed by atoms with E-state index < -0.39 is 0 Å². The number of methoxy groups -OCH3 is 2. The summed E-state index contributed by atoms with van der Waals surface area (Å²) in [6, 6.07) is 15.0. The summed E-state index contributed by atoms with van der Waals surface area (Å²) in [4.78, 5) is 30.0. The molecule has 4 rings (SSSR count). The van der Waals surface area contributed by atoms with Crippen LogP contribution in [0.25, 0.3) is 22.2 Å². The second-order valence-electron chi connectivity index (χ2n) is 7.39. The maximum absolute atomic E-state index is 13.1. The molecule has 8 nitrogen and oxygen atoms in total. The Morgan fingerprint density at radius 3 is 2.53 bits per heavy atom. The molecule has 0 saturated heterocycles. The van der Waals surface area contributed by atoms with Crippen LogP contribution < -0.4 is 20.3 Å². The third-order valence-electron chi connectivity index (χ3n) is 5.29. The minimum Gasteiger partial charge on any atom is -0.497 e. The van der Waals surface area contributed by atoms with Crippen LogP contribution in [0.3, 0.4) is 0 Å². The van der Waals surface area contributed by atoms with Gasteiger partial charge in [0.25, 0.3) is 5.56 Å². The van der Waals surface area contributed by atoms with Gasteiger partial charge in [-0.15, -0.1) is 0 Å². The molecule has 32 heavy (non-hydrogen) atoms. The highest BCUT2D eigenvalue weighted by Crippen LogP contribution is 2.29. The van der Waals surface area contributed by atoms with Gasteiger partial charge in [0.15, 0.2) is 0 Å². The van der Waals surface area contributed by atoms with Crippen molar-refractivity contribution in [1.29, 1.82) is 0 Å². The summed E-state index contributed by atoms with van der Waals surface area (Å²) < 4.78 is 13.5. The Labute approximate surface area is 185 Å². The van der Waals surface area contributed by atoms with Crippen molar-refractivity contribution in [2.75, 3.05) is 14.2 Å². The second-order valence-corrected chi connectivity index (χ2v) is 7.39. The molecule has 0 bridgehead atoms. The van der Waals surface area contributed by atoms with Crippen LogP contribution >= 0.6 is 0 Å². The lowest BCUT2D eigenvalue weighted by Crippen LogP contribution is -2.32. The van der Waals surface area contributed by atoms with Gasteiger partial charge < -0.3 is 19.4 Å². The average molecular weight is 432 g/mol. The van der Waals surface area contributed by atoms with Crippen molar-refractivity contribution in [3.8, 4) is 22.6 Å². The molecule has 1 amide bonds. The van der Waals surface area contributed by atoms with Gasteiger partial charge in [-0.2, -0.15) is 0 Å². The summed E-state index contributed by atoms with van der Waals surface area (Å²) in [6.45, 7) is 0.245. The van der Waals surface area contributed by atoms with Gasteiger partial charge in [-0.05, 0) is 35.4 Å². The van der Waals surface area contributed by atoms with Crippen molar-refractivity contribution in [3.63, 3.8) is 0 Å². The molecule has 0 saturated carbocycles. The Balaban J connectivity index is 1.55. The lowest BCUT2D eigenvalue weighted by Gasteiger charge is -2.08. The van der Waals surface area contributed by atoms with E-state index in [0.29, 0.717) is 17.6 Å². The van der Waals surface area contributed by atoms with Crippen LogP contribution in [-0.2, 0) is 24.9 Å². The molecule has 0 aliphatic carbocycles. The zero-order valence-corrected chi connectivity index (χ0v) is 18.2. The normalized spacial score (nSPS) is 10.8. The van der Waals surface area contributed by atoms with E-state index in [-0.39, 0.29) is 18.0 Å². The number of aromatic nitrogens is 3. The molecule has 0 fully saturated rings. The number of fused-ring (bicyclic) bond motifs is 1. The molecule has 2 aromatic heterocycles. The molecule has 0 aliphatic heterocycles. The molecule has 4 aromatic rings. The lowest BCUT2D eigenvalue weighted by molar-refractivity contribution is -0.121. The fraction of sp³-hybridized carbons (Fsp3) is 0.208. The number of hydrogen-bond acceptors (Lipinski definition) is 5. The number of nitrogens with one attached hydrogen (secondary N) is 1. The lowest BCUT2D eigenvalue weighted by atomic mass is 10.1. The van der Waals surface area contributed by atoms with Crippen molar-refractivity contribution < 1.29 is 14.3 Å². The first kappa shape index (κ1) is 21.2. The molecular formula is C24H24N4O4. The highest BCUT2D eigenvalue weighted by molar-refractivity contribution is 5.92. The standard InChI is InChI=1S/C24H24N4O4/c1-27-13-20(17-5-4-6-19(11-17)32-3)22-23(27)24(30)28(15-26-22)14-21(29)25-12-16-7-9-18(31-2)10-8-16/h4-11,13,15H,12,14H2,1-3H3,(H,25,29). The summed E-state index contributed by atoms with van der Waals surface area (Å²) in [5.74, 6) is 1.20. The van der Waals surface area contributed by atoms with Gasteiger partial charge in [0.2, 0.25) is 5.91 Å². The number of nitrogens with zero attached hydrogens (tertiary/aromatic N) is 3. The van der Waals surface area contributed by atoms with Crippen molar-refractivity contribution in [1.82, 2.24) is 19.4 Å². The largest absolute Gasteiger partial charge is 0.497 e. The van der Waals surface area contributed by atoms with Crippen LogP contribution in [0.2, 0.25) is 0 Å². The summed E-state index contributed by atoms with van der Waals surface area (Å²) in [5, 5.41) is 2.83. The molecule has 1 N–H and O–H groups in total. The van der Waals surface area contributed by atoms with E-state index in [4.69, 9.17) is 9.47 Å². The number of aryl methyl sites for hydroxylation is 1. The number of carbonyl (C=O) groups excluding carboxylic acids is 1. The van der Waals surface area contributed by atoms with Gasteiger partial charge in [0.05, 0.1) is 20.5 Å². The van der Waals surface area contributed by atoms with E-state index in [1.54, 1.807) is 25.8 Å². The van der Waals surface area contributed by atoms with Gasteiger partial charge in [-0.1, -0.05) is 24.3 Å². The highest BCUT2D eigenvalue weighted by atomic mass is 16.5. The first-order valence-corrected chi connectivity index (χ1v) is 10.1. The quantitative estimate of drug-likeness (QED) is 0.485. The van der Waals surface area contributed by atoms with Crippen LogP contribution in [0.15, 0.2) is 65.8 Å². The fourth-order valence-electron chi connectivity index (χ4n) is 3.58. The summed E-state index contributed by atoms with van der Waals surface area (Å²) in [5.41, 5.74) is 3.41. The molecule has 2 aromatic carbocycles. The van der Waals surface area contributed by atoms with Crippen molar-refractivity contribution in [2.45, 2.75) is 13.1 Å². The maximum Gasteiger partial charge on any atom is 0.278 e. The average Bonchev–Trinajstić information content (AvgIpc) is 3.17. The highest BCUT2D eigenvalue weighted by Gasteiger charge is 2.16. The first-order chi connectivity index (χ1) is 15.5. The van der Waals surface area contributed by atoms with Gasteiger partial charge in [-0.3, -0.25) is 14.2 Å². The van der Waals surface area contributed by atoms with Crippen LogP contribution in [0.4, 0.5) is 0 Å². The third-order valence-corrected chi connectivity index (χ3v) is 5.29. The van der Waals surface area contributed by atoms with E-state index in [2.05, 4.69) is 10.3 Å². The molecule has 164 valence electrons. The Bertz CT molecular complexity index is 1320. The second kappa shape index (κ2) is 8.97. The minimum atomic E-state index is -0.272. The monoisotopic (exact) mass is 432 g/mol. The number of rotatable bonds is 7. The number of ether oxygens (including phenoxy) is 2. The van der Waals surface area contributed by atoms with Crippen molar-refractivity contribution >= 4 is 16.9 Å². The van der Waals surface area contributed by atoms with Gasteiger partial charge in [0.1, 0.15) is 29.1 Å². The Kier molecular flexibility index (Phi) is 5.93. The molecule has 8 heteroatoms. The predicted molar refractivity (Wildman–Crippen MR) is 122 cm³/mol. The van der Waals surface area contributed by atoms with E-state index in [1.165, 1.54) is 10.9 Å². The summed E-state index contributed by atoms with van der Waals surface area (Å²) in [6.07, 6.45) is 3.28. The smallest absolute Gasteiger partial charge is 0.278 e. The van der Waals surface area contributed by atoms with Gasteiger partial charge in [-0.25, -0.2) is 4.98 Å². The molecular weight excluding hydrogens is 408 g/mol. The van der Waals surface area contributed by atoms with E-state index >= 15 is 0 Å². The van der Waals surface area contributed by atoms with Crippen LogP contribution in [-0.4, -0.2) is 34.2 Å². The molecule has 0 unspecified atom stereocenters. The molecule has 0 spiro atoms. The fourth-order valence-corrected chi connectivity index (χ4v) is 3.58. The topological polar surface area (TPSA) is 87.4 Å². The van der Waals surface area contributed by atoms with Gasteiger partial charge >= 0.3 is 0 Å². The zero-order chi connectivity index (χ0) is 22.7. The number of amides is 1. The van der Waals surface area contributed by atoms with E-state index in [0.717, 1.165) is 28.2 Å². The Hall–Kier alpha value is -4.07. The van der Waals surface area contributed by atoms with Crippen molar-refractivity contribution in [3.05, 3.63) is 77.0 Å². The first-order valence-electron chi connectivity index (χ1n) is 10.1. The molecule has 0 aliphatic rings. The van der Waals surface area contributed by atoms with Crippen molar-refractivity contribution in [2.24, 2.45) is 7.05 Å². The van der Waals surface area contributed by atoms with E-state index in [9.17, 15) is 9.59 Å². The van der Waals surface area contributed by atoms with Crippen LogP contribution in [0.5, 0.6) is 11.5 Å². The molecule has 0 radical (unpaired) electrons. The van der Waals surface area contributed by atoms with E-state index in [1.807, 2.05) is 54.7 Å². The minimum absolute atomic E-state index is 0.113. The Morgan fingerprint density at radius 1 is 1.06 bits per heavy atom.